The van der Waals surface area contributed by atoms with Crippen molar-refractivity contribution in [3.8, 4) is 0 Å². The molecule has 0 aliphatic heterocycles. The maximum absolute atomic E-state index is 12.4. The first-order valence-electron chi connectivity index (χ1n) is 10.4. The minimum absolute atomic E-state index is 0.00976. The Morgan fingerprint density at radius 1 is 0.871 bits per heavy atom. The van der Waals surface area contributed by atoms with E-state index in [9.17, 15) is 9.59 Å². The van der Waals surface area contributed by atoms with E-state index in [-0.39, 0.29) is 22.3 Å². The van der Waals surface area contributed by atoms with Crippen molar-refractivity contribution in [2.24, 2.45) is 0 Å². The molecular weight excluding hydrogens is 474 g/mol. The average molecular weight is 504 g/mol. The highest BCUT2D eigenvalue weighted by molar-refractivity contribution is 9.09. The minimum atomic E-state index is -0.262. The molecule has 2 rings (SSSR count). The Labute approximate surface area is 198 Å². The van der Waals surface area contributed by atoms with Gasteiger partial charge in [0.2, 0.25) is 5.91 Å². The highest BCUT2D eigenvalue weighted by atomic mass is 79.9. The zero-order valence-corrected chi connectivity index (χ0v) is 20.7. The number of alkyl halides is 1. The average Bonchev–Trinajstić information content (AvgIpc) is 2.72. The molecule has 0 heterocycles. The summed E-state index contributed by atoms with van der Waals surface area (Å²) in [6.07, 6.45) is 3.50. The van der Waals surface area contributed by atoms with Crippen LogP contribution < -0.4 is 16.0 Å². The molecule has 0 aromatic heterocycles. The van der Waals surface area contributed by atoms with Crippen LogP contribution in [0.4, 0.5) is 11.4 Å². The summed E-state index contributed by atoms with van der Waals surface area (Å²) in [6, 6.07) is 14.7. The first-order chi connectivity index (χ1) is 14.7. The number of unbranched alkanes of at least 4 members (excludes halogenated alkanes) is 2. The van der Waals surface area contributed by atoms with Crippen molar-refractivity contribution in [1.82, 2.24) is 5.32 Å². The number of nitrogens with one attached hydrogen (secondary N) is 3. The largest absolute Gasteiger partial charge is 0.332 e. The molecule has 0 bridgehead atoms. The number of amides is 2. The third-order valence-electron chi connectivity index (χ3n) is 4.70. The van der Waals surface area contributed by atoms with Gasteiger partial charge in [-0.05, 0) is 72.4 Å². The van der Waals surface area contributed by atoms with Gasteiger partial charge in [0, 0.05) is 28.7 Å². The second-order valence-electron chi connectivity index (χ2n) is 8.36. The van der Waals surface area contributed by atoms with Gasteiger partial charge in [0.15, 0.2) is 5.11 Å². The Morgan fingerprint density at radius 3 is 2.00 bits per heavy atom. The molecule has 3 N–H and O–H groups in total. The van der Waals surface area contributed by atoms with Crippen LogP contribution in [0.5, 0.6) is 0 Å². The van der Waals surface area contributed by atoms with Crippen molar-refractivity contribution in [2.45, 2.75) is 51.9 Å². The number of rotatable bonds is 8. The number of hydrogen-bond acceptors (Lipinski definition) is 3. The van der Waals surface area contributed by atoms with Gasteiger partial charge in [0.05, 0.1) is 0 Å². The zero-order valence-electron chi connectivity index (χ0n) is 18.3. The van der Waals surface area contributed by atoms with E-state index in [0.29, 0.717) is 12.0 Å². The summed E-state index contributed by atoms with van der Waals surface area (Å²) >= 11 is 8.64. The number of anilines is 2. The van der Waals surface area contributed by atoms with E-state index in [1.54, 1.807) is 36.4 Å². The van der Waals surface area contributed by atoms with E-state index < -0.39 is 0 Å². The Balaban J connectivity index is 1.82. The van der Waals surface area contributed by atoms with E-state index in [0.717, 1.165) is 41.5 Å². The Morgan fingerprint density at radius 2 is 1.45 bits per heavy atom. The maximum Gasteiger partial charge on any atom is 0.257 e. The number of thiocarbonyl (C=S) groups is 1. The second-order valence-corrected chi connectivity index (χ2v) is 9.56. The fraction of sp³-hybridized carbons (Fsp3) is 0.375. The summed E-state index contributed by atoms with van der Waals surface area (Å²) in [7, 11) is 0. The lowest BCUT2D eigenvalue weighted by Gasteiger charge is -2.19. The molecule has 0 spiro atoms. The summed E-state index contributed by atoms with van der Waals surface area (Å²) in [5.41, 5.74) is 3.20. The van der Waals surface area contributed by atoms with Crippen LogP contribution in [0.15, 0.2) is 48.5 Å². The molecule has 166 valence electrons. The molecule has 0 radical (unpaired) electrons. The Kier molecular flexibility index (Phi) is 9.65. The number of benzene rings is 2. The summed E-state index contributed by atoms with van der Waals surface area (Å²) in [5, 5.41) is 9.75. The van der Waals surface area contributed by atoms with Gasteiger partial charge in [-0.25, -0.2) is 0 Å². The predicted molar refractivity (Wildman–Crippen MR) is 136 cm³/mol. The summed E-state index contributed by atoms with van der Waals surface area (Å²) in [6.45, 7) is 6.39. The molecule has 0 saturated heterocycles. The summed E-state index contributed by atoms with van der Waals surface area (Å²) in [4.78, 5) is 24.4. The third kappa shape index (κ3) is 8.79. The number of hydrogen-bond donors (Lipinski definition) is 3. The van der Waals surface area contributed by atoms with Crippen LogP contribution in [0.1, 0.15) is 62.4 Å². The first-order valence-corrected chi connectivity index (χ1v) is 11.9. The Bertz CT molecular complexity index is 891. The van der Waals surface area contributed by atoms with Crippen LogP contribution in [-0.2, 0) is 10.2 Å². The van der Waals surface area contributed by atoms with Gasteiger partial charge in [-0.1, -0.05) is 55.3 Å². The quantitative estimate of drug-likeness (QED) is 0.234. The molecule has 0 fully saturated rings. The number of carbonyl (C=O) groups excluding carboxylic acids is 2. The lowest BCUT2D eigenvalue weighted by atomic mass is 9.87. The highest BCUT2D eigenvalue weighted by Gasteiger charge is 2.14. The van der Waals surface area contributed by atoms with Crippen molar-refractivity contribution in [3.05, 3.63) is 59.7 Å². The third-order valence-corrected chi connectivity index (χ3v) is 5.47. The lowest BCUT2D eigenvalue weighted by molar-refractivity contribution is -0.116. The summed E-state index contributed by atoms with van der Waals surface area (Å²) < 4.78 is 0. The van der Waals surface area contributed by atoms with Gasteiger partial charge in [-0.2, -0.15) is 0 Å². The SMILES string of the molecule is CC(C)(C)c1ccc(C(=O)NC(=S)Nc2ccc(NC(=O)CCCCCBr)cc2)cc1. The first kappa shape index (κ1) is 25.0. The fourth-order valence-corrected chi connectivity index (χ4v) is 3.48. The fourth-order valence-electron chi connectivity index (χ4n) is 2.88. The van der Waals surface area contributed by atoms with Crippen molar-refractivity contribution in [2.75, 3.05) is 16.0 Å². The van der Waals surface area contributed by atoms with Crippen LogP contribution in [-0.4, -0.2) is 22.3 Å². The van der Waals surface area contributed by atoms with Gasteiger partial charge in [-0.3, -0.25) is 14.9 Å². The predicted octanol–water partition coefficient (Wildman–Crippen LogP) is 6.00. The normalized spacial score (nSPS) is 11.0. The molecule has 0 unspecified atom stereocenters. The van der Waals surface area contributed by atoms with Gasteiger partial charge >= 0.3 is 0 Å². The van der Waals surface area contributed by atoms with Crippen LogP contribution in [0, 0.1) is 0 Å². The topological polar surface area (TPSA) is 70.2 Å². The molecule has 5 nitrogen and oxygen atoms in total. The number of carbonyl (C=O) groups is 2. The number of halogens is 1. The minimum Gasteiger partial charge on any atom is -0.332 e. The molecule has 0 saturated carbocycles. The van der Waals surface area contributed by atoms with E-state index in [1.165, 1.54) is 0 Å². The lowest BCUT2D eigenvalue weighted by Crippen LogP contribution is -2.34. The zero-order chi connectivity index (χ0) is 22.9. The van der Waals surface area contributed by atoms with Crippen LogP contribution in [0.3, 0.4) is 0 Å². The van der Waals surface area contributed by atoms with Gasteiger partial charge in [0.1, 0.15) is 0 Å². The van der Waals surface area contributed by atoms with Crippen molar-refractivity contribution >= 4 is 56.4 Å². The highest BCUT2D eigenvalue weighted by Crippen LogP contribution is 2.22. The van der Waals surface area contributed by atoms with Gasteiger partial charge < -0.3 is 10.6 Å². The monoisotopic (exact) mass is 503 g/mol. The van der Waals surface area contributed by atoms with Crippen molar-refractivity contribution in [3.63, 3.8) is 0 Å². The molecule has 0 aliphatic rings. The van der Waals surface area contributed by atoms with Gasteiger partial charge in [-0.15, -0.1) is 0 Å². The molecular formula is C24H30BrN3O2S. The second kappa shape index (κ2) is 12.0. The van der Waals surface area contributed by atoms with Crippen LogP contribution in [0.25, 0.3) is 0 Å². The Hall–Kier alpha value is -2.25. The van der Waals surface area contributed by atoms with E-state index in [1.807, 2.05) is 12.1 Å². The van der Waals surface area contributed by atoms with Gasteiger partial charge in [0.25, 0.3) is 5.91 Å². The molecule has 0 atom stereocenters. The van der Waals surface area contributed by atoms with Crippen LogP contribution >= 0.6 is 28.1 Å². The van der Waals surface area contributed by atoms with Crippen molar-refractivity contribution < 1.29 is 9.59 Å². The van der Waals surface area contributed by atoms with Crippen LogP contribution in [0.2, 0.25) is 0 Å². The van der Waals surface area contributed by atoms with Crippen molar-refractivity contribution in [1.29, 1.82) is 0 Å². The molecule has 2 aromatic carbocycles. The van der Waals surface area contributed by atoms with E-state index in [2.05, 4.69) is 52.7 Å². The molecule has 7 heteroatoms. The summed E-state index contributed by atoms with van der Waals surface area (Å²) in [5.74, 6) is -0.253. The maximum atomic E-state index is 12.4. The van der Waals surface area contributed by atoms with E-state index >= 15 is 0 Å². The smallest absolute Gasteiger partial charge is 0.257 e. The molecule has 31 heavy (non-hydrogen) atoms. The molecule has 2 aromatic rings. The standard InChI is InChI=1S/C24H30BrN3O2S/c1-24(2,3)18-10-8-17(9-11-18)22(30)28-23(31)27-20-14-12-19(13-15-20)26-21(29)7-5-4-6-16-25/h8-15H,4-7,16H2,1-3H3,(H,26,29)(H2,27,28,30,31). The van der Waals surface area contributed by atoms with E-state index in [4.69, 9.17) is 12.2 Å². The molecule has 0 aliphatic carbocycles. The molecule has 2 amide bonds.